The molecule has 1 atom stereocenters. The lowest BCUT2D eigenvalue weighted by atomic mass is 9.58. The fourth-order valence-electron chi connectivity index (χ4n) is 2.38. The largest absolute Gasteiger partial charge is 0.494 e. The summed E-state index contributed by atoms with van der Waals surface area (Å²) in [6, 6.07) is 4.75. The minimum Gasteiger partial charge on any atom is -0.494 e. The maximum atomic E-state index is 13.7. The molecule has 1 aromatic carbocycles. The molecule has 1 aliphatic carbocycles. The number of hydrogen-bond acceptors (Lipinski definition) is 2. The summed E-state index contributed by atoms with van der Waals surface area (Å²) in [5, 5.41) is 9.03. The highest BCUT2D eigenvalue weighted by Crippen LogP contribution is 2.64. The van der Waals surface area contributed by atoms with Crippen LogP contribution in [0.4, 0.5) is 17.6 Å². The number of aliphatic carboxylic acids is 1. The minimum absolute atomic E-state index is 0. The topological polar surface area (TPSA) is 46.5 Å². The van der Waals surface area contributed by atoms with Crippen LogP contribution in [0.15, 0.2) is 24.3 Å². The van der Waals surface area contributed by atoms with Crippen LogP contribution in [0.2, 0.25) is 0 Å². The Bertz CT molecular complexity index is 533. The second-order valence-electron chi connectivity index (χ2n) is 4.62. The van der Waals surface area contributed by atoms with Crippen LogP contribution in [-0.2, 0) is 10.2 Å². The lowest BCUT2D eigenvalue weighted by molar-refractivity contribution is -0.322. The number of ether oxygens (including phenoxy) is 1. The summed E-state index contributed by atoms with van der Waals surface area (Å²) in [6.45, 7) is 2.06. The van der Waals surface area contributed by atoms with E-state index in [1.54, 1.807) is 6.92 Å². The Morgan fingerprint density at radius 3 is 2.10 bits per heavy atom. The lowest BCUT2D eigenvalue weighted by Gasteiger charge is -2.51. The second kappa shape index (κ2) is 5.36. The highest BCUT2D eigenvalue weighted by Gasteiger charge is 2.84. The van der Waals surface area contributed by atoms with Crippen molar-refractivity contribution in [2.24, 2.45) is 0 Å². The number of hydrogen-bond donors (Lipinski definition) is 1. The average molecular weight is 329 g/mol. The van der Waals surface area contributed by atoms with E-state index in [2.05, 4.69) is 0 Å². The van der Waals surface area contributed by atoms with Crippen LogP contribution in [-0.4, -0.2) is 29.5 Å². The Labute approximate surface area is 124 Å². The van der Waals surface area contributed by atoms with Gasteiger partial charge >= 0.3 is 17.8 Å². The molecule has 1 N–H and O–H groups in total. The highest BCUT2D eigenvalue weighted by molar-refractivity contribution is 5.86. The van der Waals surface area contributed by atoms with Crippen LogP contribution in [0, 0.1) is 0 Å². The van der Waals surface area contributed by atoms with E-state index in [-0.39, 0.29) is 18.0 Å². The van der Waals surface area contributed by atoms with Gasteiger partial charge in [0.1, 0.15) is 5.75 Å². The number of carbonyl (C=O) groups is 1. The molecule has 0 amide bonds. The number of benzene rings is 1. The van der Waals surface area contributed by atoms with Crippen molar-refractivity contribution in [2.75, 3.05) is 6.61 Å². The zero-order valence-electron chi connectivity index (χ0n) is 10.9. The SMILES string of the molecule is CCOc1ccc(C2(C(=O)O)CC(F)(F)C2(F)F)cc1.Cl. The van der Waals surface area contributed by atoms with E-state index in [1.165, 1.54) is 12.1 Å². The molecule has 21 heavy (non-hydrogen) atoms. The lowest BCUT2D eigenvalue weighted by Crippen LogP contribution is -2.72. The Morgan fingerprint density at radius 2 is 1.76 bits per heavy atom. The quantitative estimate of drug-likeness (QED) is 0.860. The van der Waals surface area contributed by atoms with Gasteiger partial charge in [-0.25, -0.2) is 0 Å². The molecule has 1 unspecified atom stereocenters. The van der Waals surface area contributed by atoms with E-state index in [4.69, 9.17) is 9.84 Å². The molecule has 118 valence electrons. The number of alkyl halides is 4. The summed E-state index contributed by atoms with van der Waals surface area (Å²) in [5.74, 6) is -10.5. The van der Waals surface area contributed by atoms with Gasteiger partial charge in [0.25, 0.3) is 0 Å². The van der Waals surface area contributed by atoms with E-state index < -0.39 is 29.7 Å². The van der Waals surface area contributed by atoms with Crippen LogP contribution in [0.25, 0.3) is 0 Å². The molecule has 1 aliphatic rings. The van der Waals surface area contributed by atoms with Gasteiger partial charge in [-0.2, -0.15) is 17.6 Å². The van der Waals surface area contributed by atoms with Crippen LogP contribution >= 0.6 is 12.4 Å². The Kier molecular flexibility index (Phi) is 4.48. The Morgan fingerprint density at radius 1 is 1.24 bits per heavy atom. The predicted octanol–water partition coefficient (Wildman–Crippen LogP) is 3.50. The van der Waals surface area contributed by atoms with Crippen molar-refractivity contribution in [1.82, 2.24) is 0 Å². The third-order valence-electron chi connectivity index (χ3n) is 3.51. The van der Waals surface area contributed by atoms with Crippen molar-refractivity contribution in [3.63, 3.8) is 0 Å². The van der Waals surface area contributed by atoms with Crippen LogP contribution < -0.4 is 4.74 Å². The molecule has 1 aromatic rings. The molecule has 0 aromatic heterocycles. The van der Waals surface area contributed by atoms with Gasteiger partial charge in [-0.15, -0.1) is 12.4 Å². The summed E-state index contributed by atoms with van der Waals surface area (Å²) >= 11 is 0. The summed E-state index contributed by atoms with van der Waals surface area (Å²) < 4.78 is 58.5. The van der Waals surface area contributed by atoms with Crippen molar-refractivity contribution in [1.29, 1.82) is 0 Å². The number of halogens is 5. The van der Waals surface area contributed by atoms with Crippen molar-refractivity contribution in [2.45, 2.75) is 30.6 Å². The maximum absolute atomic E-state index is 13.7. The normalized spacial score (nSPS) is 25.4. The molecule has 1 fully saturated rings. The first-order valence-corrected chi connectivity index (χ1v) is 5.91. The van der Waals surface area contributed by atoms with Gasteiger partial charge in [0.05, 0.1) is 6.61 Å². The molecule has 1 saturated carbocycles. The third-order valence-corrected chi connectivity index (χ3v) is 3.51. The fraction of sp³-hybridized carbons (Fsp3) is 0.462. The van der Waals surface area contributed by atoms with Crippen LogP contribution in [0.5, 0.6) is 5.75 Å². The summed E-state index contributed by atoms with van der Waals surface area (Å²) in [7, 11) is 0. The predicted molar refractivity (Wildman–Crippen MR) is 68.7 cm³/mol. The van der Waals surface area contributed by atoms with Crippen LogP contribution in [0.1, 0.15) is 18.9 Å². The zero-order chi connectivity index (χ0) is 15.2. The summed E-state index contributed by atoms with van der Waals surface area (Å²) in [4.78, 5) is 11.2. The number of carboxylic acid groups (broad SMARTS) is 1. The highest BCUT2D eigenvalue weighted by atomic mass is 35.5. The summed E-state index contributed by atoms with van der Waals surface area (Å²) in [5.41, 5.74) is -3.24. The molecule has 0 aliphatic heterocycles. The first kappa shape index (κ1) is 17.6. The van der Waals surface area contributed by atoms with Crippen LogP contribution in [0.3, 0.4) is 0 Å². The molecular formula is C13H13ClF4O3. The standard InChI is InChI=1S/C13H12F4O3.ClH/c1-2-20-9-5-3-8(4-6-9)11(10(18)19)7-12(14,15)13(11,16)17;/h3-6H,2,7H2,1H3,(H,18,19);1H. The van der Waals surface area contributed by atoms with E-state index in [0.29, 0.717) is 12.4 Å². The maximum Gasteiger partial charge on any atom is 0.330 e. The first-order valence-electron chi connectivity index (χ1n) is 5.91. The second-order valence-corrected chi connectivity index (χ2v) is 4.62. The van der Waals surface area contributed by atoms with Gasteiger partial charge in [-0.05, 0) is 24.6 Å². The van der Waals surface area contributed by atoms with Gasteiger partial charge in [-0.1, -0.05) is 12.1 Å². The van der Waals surface area contributed by atoms with Gasteiger partial charge in [0.2, 0.25) is 0 Å². The molecular weight excluding hydrogens is 316 g/mol. The fourth-order valence-corrected chi connectivity index (χ4v) is 2.38. The smallest absolute Gasteiger partial charge is 0.330 e. The zero-order valence-corrected chi connectivity index (χ0v) is 11.7. The molecule has 8 heteroatoms. The van der Waals surface area contributed by atoms with Gasteiger partial charge in [-0.3, -0.25) is 4.79 Å². The molecule has 2 rings (SSSR count). The molecule has 0 bridgehead atoms. The molecule has 0 spiro atoms. The van der Waals surface area contributed by atoms with Crippen molar-refractivity contribution in [3.05, 3.63) is 29.8 Å². The molecule has 0 heterocycles. The number of carboxylic acids is 1. The van der Waals surface area contributed by atoms with Gasteiger partial charge in [0, 0.05) is 6.42 Å². The minimum atomic E-state index is -4.63. The Hall–Kier alpha value is -1.50. The van der Waals surface area contributed by atoms with Gasteiger partial charge in [0.15, 0.2) is 5.41 Å². The van der Waals surface area contributed by atoms with Crippen molar-refractivity contribution >= 4 is 18.4 Å². The number of rotatable bonds is 4. The Balaban J connectivity index is 0.00000220. The van der Waals surface area contributed by atoms with Gasteiger partial charge < -0.3 is 9.84 Å². The first-order chi connectivity index (χ1) is 9.19. The molecule has 3 nitrogen and oxygen atoms in total. The molecule has 0 radical (unpaired) electrons. The summed E-state index contributed by atoms with van der Waals surface area (Å²) in [6.07, 6.45) is -1.42. The molecule has 0 saturated heterocycles. The van der Waals surface area contributed by atoms with E-state index in [1.807, 2.05) is 0 Å². The van der Waals surface area contributed by atoms with E-state index in [9.17, 15) is 22.4 Å². The van der Waals surface area contributed by atoms with E-state index >= 15 is 0 Å². The van der Waals surface area contributed by atoms with Crippen molar-refractivity contribution < 1.29 is 32.2 Å². The monoisotopic (exact) mass is 328 g/mol. The van der Waals surface area contributed by atoms with E-state index in [0.717, 1.165) is 12.1 Å². The third kappa shape index (κ3) is 2.23. The average Bonchev–Trinajstić information content (AvgIpc) is 2.36. The van der Waals surface area contributed by atoms with Crippen molar-refractivity contribution in [3.8, 4) is 5.75 Å².